The first-order chi connectivity index (χ1) is 10.1. The molecule has 21 heavy (non-hydrogen) atoms. The Hall–Kier alpha value is -1.43. The Balaban J connectivity index is 1.68. The average molecular weight is 307 g/mol. The normalized spacial score (nSPS) is 23.4. The van der Waals surface area contributed by atoms with E-state index in [0.717, 1.165) is 25.1 Å². The van der Waals surface area contributed by atoms with E-state index in [1.807, 2.05) is 24.3 Å². The molecular weight excluding hydrogens is 288 g/mol. The van der Waals surface area contributed by atoms with Crippen LogP contribution in [0.15, 0.2) is 28.8 Å². The van der Waals surface area contributed by atoms with Gasteiger partial charge in [-0.3, -0.25) is 4.90 Å². The van der Waals surface area contributed by atoms with Gasteiger partial charge in [0.2, 0.25) is 11.7 Å². The fourth-order valence-corrected chi connectivity index (χ4v) is 2.76. The number of aromatic nitrogens is 2. The summed E-state index contributed by atoms with van der Waals surface area (Å²) in [6.07, 6.45) is 1.11. The first-order valence-corrected chi connectivity index (χ1v) is 7.56. The molecule has 1 aliphatic heterocycles. The van der Waals surface area contributed by atoms with Crippen LogP contribution in [0, 0.1) is 5.92 Å². The minimum absolute atomic E-state index is 0.217. The van der Waals surface area contributed by atoms with Crippen molar-refractivity contribution in [1.29, 1.82) is 0 Å². The highest BCUT2D eigenvalue weighted by Gasteiger charge is 2.24. The van der Waals surface area contributed by atoms with Crippen LogP contribution in [0.3, 0.4) is 0 Å². The third-order valence-electron chi connectivity index (χ3n) is 4.01. The molecule has 0 amide bonds. The second kappa shape index (κ2) is 6.13. The second-order valence-corrected chi connectivity index (χ2v) is 6.12. The fraction of sp³-hybridized carbons (Fsp3) is 0.467. The van der Waals surface area contributed by atoms with Gasteiger partial charge in [0.15, 0.2) is 0 Å². The van der Waals surface area contributed by atoms with Crippen molar-refractivity contribution in [2.75, 3.05) is 13.1 Å². The van der Waals surface area contributed by atoms with Gasteiger partial charge in [0.05, 0.1) is 6.54 Å². The van der Waals surface area contributed by atoms with Gasteiger partial charge in [-0.1, -0.05) is 35.8 Å². The first-order valence-electron chi connectivity index (χ1n) is 7.18. The predicted molar refractivity (Wildman–Crippen MR) is 81.8 cm³/mol. The maximum absolute atomic E-state index is 6.11. The number of halogens is 1. The first kappa shape index (κ1) is 14.5. The zero-order chi connectivity index (χ0) is 14.8. The maximum Gasteiger partial charge on any atom is 0.241 e. The lowest BCUT2D eigenvalue weighted by Gasteiger charge is -2.34. The van der Waals surface area contributed by atoms with E-state index in [4.69, 9.17) is 21.9 Å². The lowest BCUT2D eigenvalue weighted by atomic mass is 9.94. The Morgan fingerprint density at radius 1 is 1.48 bits per heavy atom. The van der Waals surface area contributed by atoms with Crippen LogP contribution in [0.2, 0.25) is 5.02 Å². The highest BCUT2D eigenvalue weighted by atomic mass is 35.5. The lowest BCUT2D eigenvalue weighted by molar-refractivity contribution is 0.146. The summed E-state index contributed by atoms with van der Waals surface area (Å²) >= 11 is 5.98. The number of rotatable bonds is 3. The molecule has 3 rings (SSSR count). The van der Waals surface area contributed by atoms with Crippen molar-refractivity contribution in [3.05, 3.63) is 35.2 Å². The highest BCUT2D eigenvalue weighted by Crippen LogP contribution is 2.21. The average Bonchev–Trinajstić information content (AvgIpc) is 2.91. The van der Waals surface area contributed by atoms with Gasteiger partial charge in [-0.15, -0.1) is 0 Å². The van der Waals surface area contributed by atoms with Crippen molar-refractivity contribution in [3.63, 3.8) is 0 Å². The molecule has 1 aliphatic rings. The third-order valence-corrected chi connectivity index (χ3v) is 4.25. The number of nitrogens with two attached hydrogens (primary N) is 1. The van der Waals surface area contributed by atoms with Crippen LogP contribution < -0.4 is 5.73 Å². The van der Waals surface area contributed by atoms with E-state index in [2.05, 4.69) is 22.0 Å². The largest absolute Gasteiger partial charge is 0.338 e. The van der Waals surface area contributed by atoms with Gasteiger partial charge in [-0.05, 0) is 31.0 Å². The van der Waals surface area contributed by atoms with Crippen LogP contribution in [-0.2, 0) is 6.54 Å². The number of likely N-dealkylation sites (tertiary alicyclic amines) is 1. The van der Waals surface area contributed by atoms with Gasteiger partial charge in [-0.25, -0.2) is 0 Å². The zero-order valence-corrected chi connectivity index (χ0v) is 12.8. The van der Waals surface area contributed by atoms with Gasteiger partial charge < -0.3 is 10.3 Å². The molecule has 1 saturated heterocycles. The van der Waals surface area contributed by atoms with Gasteiger partial charge in [0, 0.05) is 23.2 Å². The molecule has 0 radical (unpaired) electrons. The summed E-state index contributed by atoms with van der Waals surface area (Å²) in [5, 5.41) is 4.69. The molecule has 2 heterocycles. The Morgan fingerprint density at radius 3 is 3.10 bits per heavy atom. The van der Waals surface area contributed by atoms with Crippen molar-refractivity contribution in [2.24, 2.45) is 11.7 Å². The summed E-state index contributed by atoms with van der Waals surface area (Å²) in [7, 11) is 0. The molecule has 6 heteroatoms. The number of hydrogen-bond acceptors (Lipinski definition) is 5. The smallest absolute Gasteiger partial charge is 0.241 e. The van der Waals surface area contributed by atoms with Gasteiger partial charge >= 0.3 is 0 Å². The van der Waals surface area contributed by atoms with Gasteiger partial charge in [0.25, 0.3) is 0 Å². The molecule has 0 aliphatic carbocycles. The highest BCUT2D eigenvalue weighted by molar-refractivity contribution is 6.30. The van der Waals surface area contributed by atoms with Crippen molar-refractivity contribution in [3.8, 4) is 11.4 Å². The van der Waals surface area contributed by atoms with Crippen molar-refractivity contribution < 1.29 is 4.52 Å². The van der Waals surface area contributed by atoms with E-state index in [1.54, 1.807) is 0 Å². The van der Waals surface area contributed by atoms with Crippen molar-refractivity contribution in [1.82, 2.24) is 15.0 Å². The summed E-state index contributed by atoms with van der Waals surface area (Å²) in [6, 6.07) is 7.66. The Bertz CT molecular complexity index is 615. The van der Waals surface area contributed by atoms with E-state index >= 15 is 0 Å². The quantitative estimate of drug-likeness (QED) is 0.944. The van der Waals surface area contributed by atoms with E-state index in [1.165, 1.54) is 0 Å². The number of nitrogens with zero attached hydrogens (tertiary/aromatic N) is 3. The Kier molecular flexibility index (Phi) is 4.24. The fourth-order valence-electron chi connectivity index (χ4n) is 2.57. The molecular formula is C15H19ClN4O. The van der Waals surface area contributed by atoms with Crippen LogP contribution >= 0.6 is 11.6 Å². The van der Waals surface area contributed by atoms with Crippen LogP contribution in [0.1, 0.15) is 19.2 Å². The lowest BCUT2D eigenvalue weighted by Crippen LogP contribution is -2.47. The maximum atomic E-state index is 6.11. The second-order valence-electron chi connectivity index (χ2n) is 5.69. The summed E-state index contributed by atoms with van der Waals surface area (Å²) in [5.41, 5.74) is 6.97. The van der Waals surface area contributed by atoms with E-state index < -0.39 is 0 Å². The van der Waals surface area contributed by atoms with E-state index in [-0.39, 0.29) is 6.04 Å². The van der Waals surface area contributed by atoms with E-state index in [0.29, 0.717) is 29.2 Å². The zero-order valence-electron chi connectivity index (χ0n) is 12.0. The third kappa shape index (κ3) is 3.43. The summed E-state index contributed by atoms with van der Waals surface area (Å²) in [4.78, 5) is 6.70. The number of piperidine rings is 1. The molecule has 0 bridgehead atoms. The molecule has 2 unspecified atom stereocenters. The molecule has 0 spiro atoms. The molecule has 0 saturated carbocycles. The molecule has 2 N–H and O–H groups in total. The van der Waals surface area contributed by atoms with Crippen LogP contribution in [0.25, 0.3) is 11.4 Å². The molecule has 1 fully saturated rings. The number of benzene rings is 1. The molecule has 1 aromatic carbocycles. The summed E-state index contributed by atoms with van der Waals surface area (Å²) < 4.78 is 5.34. The molecule has 1 aromatic heterocycles. The number of hydrogen-bond donors (Lipinski definition) is 1. The van der Waals surface area contributed by atoms with Crippen LogP contribution in [0.4, 0.5) is 0 Å². The summed E-state index contributed by atoms with van der Waals surface area (Å²) in [6.45, 7) is 4.74. The monoisotopic (exact) mass is 306 g/mol. The standard InChI is InChI=1S/C15H19ClN4O/c1-10-5-6-20(8-13(10)17)9-14-18-15(19-21-14)11-3-2-4-12(16)7-11/h2-4,7,10,13H,5-6,8-9,17H2,1H3. The Morgan fingerprint density at radius 2 is 2.33 bits per heavy atom. The van der Waals surface area contributed by atoms with Crippen molar-refractivity contribution >= 4 is 11.6 Å². The minimum Gasteiger partial charge on any atom is -0.338 e. The van der Waals surface area contributed by atoms with E-state index in [9.17, 15) is 0 Å². The molecule has 2 aromatic rings. The molecule has 2 atom stereocenters. The minimum atomic E-state index is 0.217. The van der Waals surface area contributed by atoms with Crippen LogP contribution in [-0.4, -0.2) is 34.2 Å². The van der Waals surface area contributed by atoms with Crippen molar-refractivity contribution in [2.45, 2.75) is 25.9 Å². The molecule has 112 valence electrons. The van der Waals surface area contributed by atoms with Crippen LogP contribution in [0.5, 0.6) is 0 Å². The summed E-state index contributed by atoms with van der Waals surface area (Å²) in [5.74, 6) is 1.76. The Labute approximate surface area is 129 Å². The van der Waals surface area contributed by atoms with Gasteiger partial charge in [0.1, 0.15) is 0 Å². The molecule has 5 nitrogen and oxygen atoms in total. The predicted octanol–water partition coefficient (Wildman–Crippen LogP) is 2.56. The van der Waals surface area contributed by atoms with Gasteiger partial charge in [-0.2, -0.15) is 4.98 Å². The topological polar surface area (TPSA) is 68.2 Å². The SMILES string of the molecule is CC1CCN(Cc2nc(-c3cccc(Cl)c3)no2)CC1N.